The minimum atomic E-state index is 0.149. The van der Waals surface area contributed by atoms with Crippen molar-refractivity contribution in [2.75, 3.05) is 6.61 Å². The highest BCUT2D eigenvalue weighted by molar-refractivity contribution is 5.51. The first-order chi connectivity index (χ1) is 11.8. The molecule has 3 rings (SSSR count). The summed E-state index contributed by atoms with van der Waals surface area (Å²) in [6, 6.07) is 12.2. The largest absolute Gasteiger partial charge is 0.472 e. The highest BCUT2D eigenvalue weighted by Crippen LogP contribution is 2.18. The Balaban J connectivity index is 1.73. The molecule has 6 nitrogen and oxygen atoms in total. The molecule has 126 valence electrons. The predicted molar refractivity (Wildman–Crippen MR) is 88.9 cm³/mol. The van der Waals surface area contributed by atoms with Crippen molar-refractivity contribution in [3.8, 4) is 11.4 Å². The van der Waals surface area contributed by atoms with Crippen molar-refractivity contribution in [1.82, 2.24) is 15.0 Å². The van der Waals surface area contributed by atoms with Gasteiger partial charge >= 0.3 is 0 Å². The van der Waals surface area contributed by atoms with Crippen LogP contribution >= 0.6 is 0 Å². The lowest BCUT2D eigenvalue weighted by Gasteiger charge is -2.27. The van der Waals surface area contributed by atoms with Crippen LogP contribution in [0.3, 0.4) is 0 Å². The molecular weight excluding hydrogens is 306 g/mol. The van der Waals surface area contributed by atoms with Crippen LogP contribution in [0.5, 0.6) is 0 Å². The van der Waals surface area contributed by atoms with E-state index in [1.54, 1.807) is 18.6 Å². The van der Waals surface area contributed by atoms with Gasteiger partial charge in [-0.3, -0.25) is 4.90 Å². The molecule has 1 atom stereocenters. The normalized spacial score (nSPS) is 12.6. The minimum absolute atomic E-state index is 0.149. The number of nitrogens with zero attached hydrogens (tertiary/aromatic N) is 3. The van der Waals surface area contributed by atoms with Gasteiger partial charge < -0.3 is 14.0 Å². The van der Waals surface area contributed by atoms with Crippen molar-refractivity contribution in [3.05, 3.63) is 60.4 Å². The lowest BCUT2D eigenvalue weighted by molar-refractivity contribution is 0.137. The molecule has 0 saturated carbocycles. The SMILES string of the molecule is CC(CCO)N(Cc1ccccc1)Cc1nc(-c2ccoc2)no1. The second-order valence-electron chi connectivity index (χ2n) is 5.78. The van der Waals surface area contributed by atoms with Crippen molar-refractivity contribution < 1.29 is 14.0 Å². The summed E-state index contributed by atoms with van der Waals surface area (Å²) in [5.41, 5.74) is 2.00. The van der Waals surface area contributed by atoms with Crippen LogP contribution in [0, 0.1) is 0 Å². The van der Waals surface area contributed by atoms with E-state index in [2.05, 4.69) is 34.1 Å². The van der Waals surface area contributed by atoms with Gasteiger partial charge in [0, 0.05) is 19.2 Å². The molecule has 2 aromatic heterocycles. The lowest BCUT2D eigenvalue weighted by Crippen LogP contribution is -2.33. The highest BCUT2D eigenvalue weighted by atomic mass is 16.5. The maximum Gasteiger partial charge on any atom is 0.241 e. The summed E-state index contributed by atoms with van der Waals surface area (Å²) in [6.07, 6.45) is 3.86. The van der Waals surface area contributed by atoms with E-state index in [-0.39, 0.29) is 12.6 Å². The van der Waals surface area contributed by atoms with Crippen molar-refractivity contribution in [2.24, 2.45) is 0 Å². The van der Waals surface area contributed by atoms with Crippen molar-refractivity contribution >= 4 is 0 Å². The molecule has 1 unspecified atom stereocenters. The Labute approximate surface area is 140 Å². The quantitative estimate of drug-likeness (QED) is 0.685. The fraction of sp³-hybridized carbons (Fsp3) is 0.333. The first kappa shape index (κ1) is 16.4. The van der Waals surface area contributed by atoms with E-state index >= 15 is 0 Å². The number of aromatic nitrogens is 2. The molecule has 1 aromatic carbocycles. The standard InChI is InChI=1S/C18H21N3O3/c1-14(7-9-22)21(11-15-5-3-2-4-6-15)12-17-19-18(20-24-17)16-8-10-23-13-16/h2-6,8,10,13-14,22H,7,9,11-12H2,1H3. The molecule has 0 saturated heterocycles. The Kier molecular flexibility index (Phi) is 5.40. The molecule has 2 heterocycles. The fourth-order valence-corrected chi connectivity index (χ4v) is 2.56. The third-order valence-electron chi connectivity index (χ3n) is 3.98. The monoisotopic (exact) mass is 327 g/mol. The van der Waals surface area contributed by atoms with Gasteiger partial charge in [0.2, 0.25) is 11.7 Å². The topological polar surface area (TPSA) is 75.5 Å². The fourth-order valence-electron chi connectivity index (χ4n) is 2.56. The van der Waals surface area contributed by atoms with Gasteiger partial charge in [-0.2, -0.15) is 4.98 Å². The average Bonchev–Trinajstić information content (AvgIpc) is 3.27. The van der Waals surface area contributed by atoms with Gasteiger partial charge in [-0.15, -0.1) is 0 Å². The van der Waals surface area contributed by atoms with E-state index in [9.17, 15) is 5.11 Å². The Morgan fingerprint density at radius 3 is 2.71 bits per heavy atom. The number of benzene rings is 1. The molecule has 24 heavy (non-hydrogen) atoms. The highest BCUT2D eigenvalue weighted by Gasteiger charge is 2.18. The molecule has 0 aliphatic heterocycles. The van der Waals surface area contributed by atoms with Crippen LogP contribution in [0.4, 0.5) is 0 Å². The summed E-state index contributed by atoms with van der Waals surface area (Å²) in [6.45, 7) is 3.52. The van der Waals surface area contributed by atoms with E-state index in [1.807, 2.05) is 18.2 Å². The van der Waals surface area contributed by atoms with Crippen LogP contribution in [0.15, 0.2) is 57.9 Å². The maximum atomic E-state index is 9.26. The van der Waals surface area contributed by atoms with Crippen LogP contribution in [0.1, 0.15) is 24.8 Å². The van der Waals surface area contributed by atoms with Crippen molar-refractivity contribution in [3.63, 3.8) is 0 Å². The Morgan fingerprint density at radius 1 is 1.17 bits per heavy atom. The van der Waals surface area contributed by atoms with Crippen LogP contribution in [0.2, 0.25) is 0 Å². The summed E-state index contributed by atoms with van der Waals surface area (Å²) >= 11 is 0. The second-order valence-corrected chi connectivity index (χ2v) is 5.78. The number of hydrogen-bond acceptors (Lipinski definition) is 6. The number of aliphatic hydroxyl groups excluding tert-OH is 1. The molecule has 0 aliphatic carbocycles. The van der Waals surface area contributed by atoms with Crippen LogP contribution in [-0.2, 0) is 13.1 Å². The molecule has 0 spiro atoms. The predicted octanol–water partition coefficient (Wildman–Crippen LogP) is 3.10. The summed E-state index contributed by atoms with van der Waals surface area (Å²) in [4.78, 5) is 6.66. The van der Waals surface area contributed by atoms with Gasteiger partial charge in [0.25, 0.3) is 0 Å². The molecule has 6 heteroatoms. The number of hydrogen-bond donors (Lipinski definition) is 1. The molecular formula is C18H21N3O3. The molecule has 1 N–H and O–H groups in total. The van der Waals surface area contributed by atoms with Gasteiger partial charge in [-0.05, 0) is 25.0 Å². The smallest absolute Gasteiger partial charge is 0.241 e. The maximum absolute atomic E-state index is 9.26. The zero-order chi connectivity index (χ0) is 16.8. The van der Waals surface area contributed by atoms with Crippen molar-refractivity contribution in [2.45, 2.75) is 32.5 Å². The molecule has 0 bridgehead atoms. The lowest BCUT2D eigenvalue weighted by atomic mass is 10.1. The third kappa shape index (κ3) is 4.10. The molecule has 3 aromatic rings. The van der Waals surface area contributed by atoms with Gasteiger partial charge in [0.15, 0.2) is 0 Å². The summed E-state index contributed by atoms with van der Waals surface area (Å²) in [7, 11) is 0. The van der Waals surface area contributed by atoms with Crippen molar-refractivity contribution in [1.29, 1.82) is 0 Å². The van der Waals surface area contributed by atoms with Crippen LogP contribution < -0.4 is 0 Å². The van der Waals surface area contributed by atoms with E-state index in [4.69, 9.17) is 8.94 Å². The van der Waals surface area contributed by atoms with Gasteiger partial charge in [-0.25, -0.2) is 0 Å². The zero-order valence-corrected chi connectivity index (χ0v) is 13.6. The van der Waals surface area contributed by atoms with Crippen LogP contribution in [0.25, 0.3) is 11.4 Å². The van der Waals surface area contributed by atoms with E-state index in [0.29, 0.717) is 24.7 Å². The molecule has 0 aliphatic rings. The number of rotatable bonds is 8. The first-order valence-corrected chi connectivity index (χ1v) is 8.00. The Hall–Kier alpha value is -2.44. The van der Waals surface area contributed by atoms with Gasteiger partial charge in [0.05, 0.1) is 18.4 Å². The molecule has 0 radical (unpaired) electrons. The van der Waals surface area contributed by atoms with E-state index < -0.39 is 0 Å². The number of aliphatic hydroxyl groups is 1. The minimum Gasteiger partial charge on any atom is -0.472 e. The number of furan rings is 1. The molecule has 0 fully saturated rings. The van der Waals surface area contributed by atoms with E-state index in [0.717, 1.165) is 12.1 Å². The average molecular weight is 327 g/mol. The second kappa shape index (κ2) is 7.90. The van der Waals surface area contributed by atoms with Crippen LogP contribution in [-0.4, -0.2) is 32.8 Å². The summed E-state index contributed by atoms with van der Waals surface area (Å²) < 4.78 is 10.4. The first-order valence-electron chi connectivity index (χ1n) is 8.00. The van der Waals surface area contributed by atoms with Gasteiger partial charge in [0.1, 0.15) is 6.26 Å². The third-order valence-corrected chi connectivity index (χ3v) is 3.98. The Morgan fingerprint density at radius 2 is 2.00 bits per heavy atom. The summed E-state index contributed by atoms with van der Waals surface area (Å²) in [5.74, 6) is 1.07. The molecule has 0 amide bonds. The van der Waals surface area contributed by atoms with E-state index in [1.165, 1.54) is 5.56 Å². The summed E-state index contributed by atoms with van der Waals surface area (Å²) in [5, 5.41) is 13.3. The van der Waals surface area contributed by atoms with Gasteiger partial charge in [-0.1, -0.05) is 35.5 Å². The zero-order valence-electron chi connectivity index (χ0n) is 13.6. The Bertz CT molecular complexity index is 725.